The second-order valence-corrected chi connectivity index (χ2v) is 6.72. The average Bonchev–Trinajstić information content (AvgIpc) is 2.63. The van der Waals surface area contributed by atoms with Gasteiger partial charge < -0.3 is 5.73 Å². The second-order valence-electron chi connectivity index (χ2n) is 4.70. The number of nitrogens with zero attached hydrogens (tertiary/aromatic N) is 1. The minimum Gasteiger partial charge on any atom is -0.326 e. The third-order valence-electron chi connectivity index (χ3n) is 3.07. The molecule has 1 aliphatic heterocycles. The molecule has 2 rings (SSSR count). The fourth-order valence-electron chi connectivity index (χ4n) is 2.11. The van der Waals surface area contributed by atoms with Gasteiger partial charge in [-0.2, -0.15) is 0 Å². The molecule has 0 saturated carbocycles. The lowest BCUT2D eigenvalue weighted by Gasteiger charge is -2.15. The standard InChI is InChI=1S/C12H18N2O2S/c1-17(15,16)12-4-2-10(3-5-12)8-14-7-6-11(13)9-14/h2-5,11H,6-9,13H2,1H3/t11-/m0/s1. The summed E-state index contributed by atoms with van der Waals surface area (Å²) in [7, 11) is -3.09. The minimum absolute atomic E-state index is 0.283. The molecule has 0 aromatic heterocycles. The number of nitrogens with two attached hydrogens (primary N) is 1. The summed E-state index contributed by atoms with van der Waals surface area (Å²) in [6.45, 7) is 2.79. The molecule has 1 fully saturated rings. The fourth-order valence-corrected chi connectivity index (χ4v) is 2.74. The van der Waals surface area contributed by atoms with Crippen LogP contribution in [0.2, 0.25) is 0 Å². The van der Waals surface area contributed by atoms with E-state index in [1.807, 2.05) is 12.1 Å². The molecule has 4 nitrogen and oxygen atoms in total. The van der Waals surface area contributed by atoms with Crippen molar-refractivity contribution in [3.8, 4) is 0 Å². The minimum atomic E-state index is -3.09. The van der Waals surface area contributed by atoms with Crippen LogP contribution >= 0.6 is 0 Å². The van der Waals surface area contributed by atoms with E-state index in [0.717, 1.165) is 31.6 Å². The van der Waals surface area contributed by atoms with Crippen molar-refractivity contribution in [1.82, 2.24) is 4.90 Å². The highest BCUT2D eigenvalue weighted by atomic mass is 32.2. The van der Waals surface area contributed by atoms with Crippen LogP contribution in [0, 0.1) is 0 Å². The molecule has 1 aromatic rings. The highest BCUT2D eigenvalue weighted by Crippen LogP contribution is 2.15. The number of likely N-dealkylation sites (tertiary alicyclic amines) is 1. The van der Waals surface area contributed by atoms with Crippen LogP contribution in [0.5, 0.6) is 0 Å². The number of hydrogen-bond acceptors (Lipinski definition) is 4. The van der Waals surface area contributed by atoms with Gasteiger partial charge in [0.15, 0.2) is 9.84 Å². The van der Waals surface area contributed by atoms with Crippen molar-refractivity contribution < 1.29 is 8.42 Å². The molecule has 0 radical (unpaired) electrons. The molecule has 0 amide bonds. The van der Waals surface area contributed by atoms with Crippen LogP contribution in [0.1, 0.15) is 12.0 Å². The Hall–Kier alpha value is -0.910. The van der Waals surface area contributed by atoms with Crippen LogP contribution in [0.25, 0.3) is 0 Å². The largest absolute Gasteiger partial charge is 0.326 e. The van der Waals surface area contributed by atoms with Gasteiger partial charge in [-0.05, 0) is 24.1 Å². The molecule has 0 unspecified atom stereocenters. The Kier molecular flexibility index (Phi) is 3.51. The SMILES string of the molecule is CS(=O)(=O)c1ccc(CN2CC[C@H](N)C2)cc1. The van der Waals surface area contributed by atoms with Gasteiger partial charge in [-0.3, -0.25) is 4.90 Å². The maximum absolute atomic E-state index is 11.3. The van der Waals surface area contributed by atoms with Gasteiger partial charge >= 0.3 is 0 Å². The molecule has 2 N–H and O–H groups in total. The number of rotatable bonds is 3. The zero-order chi connectivity index (χ0) is 12.5. The first-order valence-electron chi connectivity index (χ1n) is 5.72. The molecule has 1 saturated heterocycles. The molecule has 1 atom stereocenters. The highest BCUT2D eigenvalue weighted by molar-refractivity contribution is 7.90. The van der Waals surface area contributed by atoms with E-state index in [9.17, 15) is 8.42 Å². The van der Waals surface area contributed by atoms with E-state index in [1.54, 1.807) is 12.1 Å². The van der Waals surface area contributed by atoms with Crippen LogP contribution in [0.4, 0.5) is 0 Å². The summed E-state index contributed by atoms with van der Waals surface area (Å²) in [6.07, 6.45) is 2.27. The van der Waals surface area contributed by atoms with Crippen molar-refractivity contribution >= 4 is 9.84 Å². The molecular weight excluding hydrogens is 236 g/mol. The monoisotopic (exact) mass is 254 g/mol. The van der Waals surface area contributed by atoms with E-state index in [4.69, 9.17) is 5.73 Å². The third kappa shape index (κ3) is 3.28. The van der Waals surface area contributed by atoms with Gasteiger partial charge in [-0.25, -0.2) is 8.42 Å². The summed E-state index contributed by atoms with van der Waals surface area (Å²) < 4.78 is 22.6. The first-order valence-corrected chi connectivity index (χ1v) is 7.61. The van der Waals surface area contributed by atoms with Crippen molar-refractivity contribution in [3.63, 3.8) is 0 Å². The maximum atomic E-state index is 11.3. The van der Waals surface area contributed by atoms with E-state index >= 15 is 0 Å². The zero-order valence-electron chi connectivity index (χ0n) is 9.96. The maximum Gasteiger partial charge on any atom is 0.175 e. The molecular formula is C12H18N2O2S. The Balaban J connectivity index is 2.04. The van der Waals surface area contributed by atoms with Crippen molar-refractivity contribution in [1.29, 1.82) is 0 Å². The lowest BCUT2D eigenvalue weighted by molar-refractivity contribution is 0.327. The van der Waals surface area contributed by atoms with Crippen LogP contribution in [0.3, 0.4) is 0 Å². The van der Waals surface area contributed by atoms with Gasteiger partial charge in [0.2, 0.25) is 0 Å². The third-order valence-corrected chi connectivity index (χ3v) is 4.19. The lowest BCUT2D eigenvalue weighted by atomic mass is 10.2. The summed E-state index contributed by atoms with van der Waals surface area (Å²) in [5.41, 5.74) is 6.97. The Labute approximate surface area is 102 Å². The van der Waals surface area contributed by atoms with Gasteiger partial charge in [0.1, 0.15) is 0 Å². The Bertz CT molecular complexity index is 482. The van der Waals surface area contributed by atoms with Crippen LogP contribution < -0.4 is 5.73 Å². The molecule has 0 bridgehead atoms. The number of sulfone groups is 1. The van der Waals surface area contributed by atoms with Crippen LogP contribution in [0.15, 0.2) is 29.2 Å². The van der Waals surface area contributed by atoms with Gasteiger partial charge in [-0.15, -0.1) is 0 Å². The van der Waals surface area contributed by atoms with Gasteiger partial charge in [0.05, 0.1) is 4.90 Å². The smallest absolute Gasteiger partial charge is 0.175 e. The normalized spacial score (nSPS) is 21.9. The van der Waals surface area contributed by atoms with Crippen molar-refractivity contribution in [3.05, 3.63) is 29.8 Å². The Morgan fingerprint density at radius 2 is 2.00 bits per heavy atom. The molecule has 1 aromatic carbocycles. The average molecular weight is 254 g/mol. The van der Waals surface area contributed by atoms with E-state index in [1.165, 1.54) is 6.26 Å². The molecule has 5 heteroatoms. The van der Waals surface area contributed by atoms with Crippen molar-refractivity contribution in [2.24, 2.45) is 5.73 Å². The van der Waals surface area contributed by atoms with Gasteiger partial charge in [0.25, 0.3) is 0 Å². The van der Waals surface area contributed by atoms with Crippen LogP contribution in [-0.4, -0.2) is 38.7 Å². The summed E-state index contributed by atoms with van der Waals surface area (Å²) in [4.78, 5) is 2.67. The fraction of sp³-hybridized carbons (Fsp3) is 0.500. The number of benzene rings is 1. The van der Waals surface area contributed by atoms with Crippen molar-refractivity contribution in [2.45, 2.75) is 23.9 Å². The van der Waals surface area contributed by atoms with Gasteiger partial charge in [0, 0.05) is 31.9 Å². The summed E-state index contributed by atoms with van der Waals surface area (Å²) in [6, 6.07) is 7.37. The molecule has 0 aliphatic carbocycles. The molecule has 0 spiro atoms. The predicted octanol–water partition coefficient (Wildman–Crippen LogP) is 0.623. The van der Waals surface area contributed by atoms with Gasteiger partial charge in [-0.1, -0.05) is 12.1 Å². The molecule has 1 heterocycles. The van der Waals surface area contributed by atoms with Crippen molar-refractivity contribution in [2.75, 3.05) is 19.3 Å². The predicted molar refractivity (Wildman–Crippen MR) is 67.4 cm³/mol. The highest BCUT2D eigenvalue weighted by Gasteiger charge is 2.18. The Morgan fingerprint density at radius 1 is 1.35 bits per heavy atom. The van der Waals surface area contributed by atoms with E-state index in [0.29, 0.717) is 4.90 Å². The topological polar surface area (TPSA) is 63.4 Å². The summed E-state index contributed by atoms with van der Waals surface area (Å²) in [5.74, 6) is 0. The van der Waals surface area contributed by atoms with E-state index in [-0.39, 0.29) is 6.04 Å². The van der Waals surface area contributed by atoms with Crippen LogP contribution in [-0.2, 0) is 16.4 Å². The molecule has 17 heavy (non-hydrogen) atoms. The zero-order valence-corrected chi connectivity index (χ0v) is 10.8. The van der Waals surface area contributed by atoms with E-state index < -0.39 is 9.84 Å². The van der Waals surface area contributed by atoms with E-state index in [2.05, 4.69) is 4.90 Å². The summed E-state index contributed by atoms with van der Waals surface area (Å²) >= 11 is 0. The quantitative estimate of drug-likeness (QED) is 0.859. The first kappa shape index (κ1) is 12.5. The summed E-state index contributed by atoms with van der Waals surface area (Å²) in [5, 5.41) is 0. The first-order chi connectivity index (χ1) is 7.95. The lowest BCUT2D eigenvalue weighted by Crippen LogP contribution is -2.26. The number of hydrogen-bond donors (Lipinski definition) is 1. The molecule has 1 aliphatic rings. The Morgan fingerprint density at radius 3 is 2.47 bits per heavy atom. The second kappa shape index (κ2) is 4.76. The molecule has 94 valence electrons.